The van der Waals surface area contributed by atoms with E-state index in [1.165, 1.54) is 12.1 Å². The van der Waals surface area contributed by atoms with Gasteiger partial charge in [-0.2, -0.15) is 13.2 Å². The van der Waals surface area contributed by atoms with Gasteiger partial charge in [0.15, 0.2) is 0 Å². The van der Waals surface area contributed by atoms with Crippen LogP contribution in [-0.4, -0.2) is 23.7 Å². The smallest absolute Gasteiger partial charge is 0.393 e. The normalized spacial score (nSPS) is 14.6. The van der Waals surface area contributed by atoms with E-state index < -0.39 is 17.8 Å². The van der Waals surface area contributed by atoms with Gasteiger partial charge in [-0.1, -0.05) is 25.1 Å². The topological polar surface area (TPSA) is 49.3 Å². The Hall–Kier alpha value is -1.56. The number of aliphatic hydroxyl groups is 1. The van der Waals surface area contributed by atoms with Crippen LogP contribution in [0.25, 0.3) is 0 Å². The van der Waals surface area contributed by atoms with Gasteiger partial charge in [0.25, 0.3) is 0 Å². The Bertz CT molecular complexity index is 472. The predicted molar refractivity (Wildman–Crippen MR) is 73.6 cm³/mol. The number of rotatable bonds is 6. The van der Waals surface area contributed by atoms with Crippen LogP contribution in [0.15, 0.2) is 24.3 Å². The molecule has 0 aliphatic heterocycles. The van der Waals surface area contributed by atoms with Gasteiger partial charge in [-0.3, -0.25) is 4.79 Å². The van der Waals surface area contributed by atoms with Gasteiger partial charge >= 0.3 is 6.18 Å². The molecule has 1 aromatic carbocycles. The molecule has 2 unspecified atom stereocenters. The molecule has 6 heteroatoms. The first-order chi connectivity index (χ1) is 9.68. The van der Waals surface area contributed by atoms with Crippen LogP contribution in [-0.2, 0) is 17.4 Å². The summed E-state index contributed by atoms with van der Waals surface area (Å²) in [5.74, 6) is -0.220. The standard InChI is InChI=1S/C15H20F3NO2/c1-10(6-11(2)20)9-19-14(21)8-12-4-3-5-13(7-12)15(16,17)18/h3-5,7,10-11,20H,6,8-9H2,1-2H3,(H,19,21). The van der Waals surface area contributed by atoms with Gasteiger partial charge in [0, 0.05) is 6.54 Å². The van der Waals surface area contributed by atoms with Crippen LogP contribution in [0, 0.1) is 5.92 Å². The number of halogens is 3. The summed E-state index contributed by atoms with van der Waals surface area (Å²) in [5, 5.41) is 11.9. The zero-order valence-electron chi connectivity index (χ0n) is 12.1. The number of hydrogen-bond donors (Lipinski definition) is 2. The summed E-state index contributed by atoms with van der Waals surface area (Å²) in [6.07, 6.45) is -4.38. The Labute approximate surface area is 122 Å². The zero-order chi connectivity index (χ0) is 16.0. The highest BCUT2D eigenvalue weighted by molar-refractivity contribution is 5.78. The predicted octanol–water partition coefficient (Wildman–Crippen LogP) is 2.77. The van der Waals surface area contributed by atoms with Crippen LogP contribution in [0.1, 0.15) is 31.4 Å². The fraction of sp³-hybridized carbons (Fsp3) is 0.533. The van der Waals surface area contributed by atoms with Crippen molar-refractivity contribution in [2.24, 2.45) is 5.92 Å². The first-order valence-corrected chi connectivity index (χ1v) is 6.79. The maximum Gasteiger partial charge on any atom is 0.416 e. The number of amides is 1. The molecule has 0 aromatic heterocycles. The zero-order valence-corrected chi connectivity index (χ0v) is 12.1. The monoisotopic (exact) mass is 303 g/mol. The quantitative estimate of drug-likeness (QED) is 0.849. The molecule has 0 fully saturated rings. The largest absolute Gasteiger partial charge is 0.416 e. The fourth-order valence-electron chi connectivity index (χ4n) is 2.06. The lowest BCUT2D eigenvalue weighted by molar-refractivity contribution is -0.137. The molecule has 1 aromatic rings. The summed E-state index contributed by atoms with van der Waals surface area (Å²) in [6, 6.07) is 4.75. The van der Waals surface area contributed by atoms with Crippen LogP contribution in [0.2, 0.25) is 0 Å². The van der Waals surface area contributed by atoms with E-state index in [9.17, 15) is 23.1 Å². The second kappa shape index (κ2) is 7.45. The highest BCUT2D eigenvalue weighted by Crippen LogP contribution is 2.29. The van der Waals surface area contributed by atoms with Gasteiger partial charge in [0.1, 0.15) is 0 Å². The van der Waals surface area contributed by atoms with Gasteiger partial charge < -0.3 is 10.4 Å². The highest BCUT2D eigenvalue weighted by atomic mass is 19.4. The minimum atomic E-state index is -4.40. The SMILES string of the molecule is CC(O)CC(C)CNC(=O)Cc1cccc(C(F)(F)F)c1. The molecule has 0 spiro atoms. The Morgan fingerprint density at radius 3 is 2.57 bits per heavy atom. The van der Waals surface area contributed by atoms with E-state index in [1.54, 1.807) is 6.92 Å². The third-order valence-electron chi connectivity index (χ3n) is 3.01. The van der Waals surface area contributed by atoms with Crippen LogP contribution in [0.4, 0.5) is 13.2 Å². The number of carbonyl (C=O) groups is 1. The van der Waals surface area contributed by atoms with Crippen molar-refractivity contribution in [3.8, 4) is 0 Å². The molecule has 3 nitrogen and oxygen atoms in total. The molecule has 2 N–H and O–H groups in total. The van der Waals surface area contributed by atoms with Crippen LogP contribution in [0.5, 0.6) is 0 Å². The summed E-state index contributed by atoms with van der Waals surface area (Å²) in [5.41, 5.74) is -0.430. The summed E-state index contributed by atoms with van der Waals surface area (Å²) >= 11 is 0. The average Bonchev–Trinajstić information content (AvgIpc) is 2.35. The molecule has 1 amide bonds. The molecule has 21 heavy (non-hydrogen) atoms. The van der Waals surface area contributed by atoms with Gasteiger partial charge in [0.2, 0.25) is 5.91 Å². The molecular formula is C15H20F3NO2. The van der Waals surface area contributed by atoms with Crippen molar-refractivity contribution in [2.75, 3.05) is 6.54 Å². The van der Waals surface area contributed by atoms with Crippen LogP contribution < -0.4 is 5.32 Å². The van der Waals surface area contributed by atoms with E-state index in [1.807, 2.05) is 6.92 Å². The van der Waals surface area contributed by atoms with Crippen molar-refractivity contribution in [3.05, 3.63) is 35.4 Å². The Balaban J connectivity index is 2.52. The van der Waals surface area contributed by atoms with Gasteiger partial charge in [-0.15, -0.1) is 0 Å². The summed E-state index contributed by atoms with van der Waals surface area (Å²) in [4.78, 5) is 11.7. The number of nitrogens with one attached hydrogen (secondary N) is 1. The molecule has 0 radical (unpaired) electrons. The second-order valence-electron chi connectivity index (χ2n) is 5.37. The lowest BCUT2D eigenvalue weighted by Crippen LogP contribution is -2.30. The van der Waals surface area contributed by atoms with E-state index in [4.69, 9.17) is 0 Å². The van der Waals surface area contributed by atoms with Crippen LogP contribution >= 0.6 is 0 Å². The minimum absolute atomic E-state index is 0.0919. The van der Waals surface area contributed by atoms with Gasteiger partial charge in [-0.25, -0.2) is 0 Å². The number of hydrogen-bond acceptors (Lipinski definition) is 2. The lowest BCUT2D eigenvalue weighted by atomic mass is 10.0. The third-order valence-corrected chi connectivity index (χ3v) is 3.01. The summed E-state index contributed by atoms with van der Waals surface area (Å²) < 4.78 is 37.7. The fourth-order valence-corrected chi connectivity index (χ4v) is 2.06. The first-order valence-electron chi connectivity index (χ1n) is 6.79. The maximum atomic E-state index is 12.6. The molecule has 0 heterocycles. The number of carbonyl (C=O) groups excluding carboxylic acids is 1. The molecule has 0 bridgehead atoms. The number of alkyl halides is 3. The molecule has 0 aliphatic carbocycles. The highest BCUT2D eigenvalue weighted by Gasteiger charge is 2.30. The molecule has 0 saturated heterocycles. The van der Waals surface area contributed by atoms with E-state index in [-0.39, 0.29) is 18.2 Å². The lowest BCUT2D eigenvalue weighted by Gasteiger charge is -2.14. The Kier molecular flexibility index (Phi) is 6.20. The van der Waals surface area contributed by atoms with E-state index >= 15 is 0 Å². The Morgan fingerprint density at radius 1 is 1.33 bits per heavy atom. The van der Waals surface area contributed by atoms with Crippen LogP contribution in [0.3, 0.4) is 0 Å². The van der Waals surface area contributed by atoms with Crippen molar-refractivity contribution in [1.82, 2.24) is 5.32 Å². The third kappa shape index (κ3) is 6.62. The van der Waals surface area contributed by atoms with Crippen molar-refractivity contribution in [2.45, 2.75) is 39.0 Å². The maximum absolute atomic E-state index is 12.6. The van der Waals surface area contributed by atoms with E-state index in [2.05, 4.69) is 5.32 Å². The molecule has 1 rings (SSSR count). The average molecular weight is 303 g/mol. The number of aliphatic hydroxyl groups excluding tert-OH is 1. The van der Waals surface area contributed by atoms with Gasteiger partial charge in [0.05, 0.1) is 18.1 Å². The molecule has 118 valence electrons. The summed E-state index contributed by atoms with van der Waals surface area (Å²) in [7, 11) is 0. The van der Waals surface area contributed by atoms with E-state index in [0.717, 1.165) is 12.1 Å². The van der Waals surface area contributed by atoms with E-state index in [0.29, 0.717) is 18.5 Å². The summed E-state index contributed by atoms with van der Waals surface area (Å²) in [6.45, 7) is 3.95. The minimum Gasteiger partial charge on any atom is -0.393 e. The molecule has 2 atom stereocenters. The van der Waals surface area contributed by atoms with Crippen molar-refractivity contribution in [1.29, 1.82) is 0 Å². The number of benzene rings is 1. The first kappa shape index (κ1) is 17.5. The molecule has 0 aliphatic rings. The molecule has 0 saturated carbocycles. The van der Waals surface area contributed by atoms with Crippen molar-refractivity contribution in [3.63, 3.8) is 0 Å². The van der Waals surface area contributed by atoms with Crippen molar-refractivity contribution < 1.29 is 23.1 Å². The second-order valence-corrected chi connectivity index (χ2v) is 5.37. The van der Waals surface area contributed by atoms with Gasteiger partial charge in [-0.05, 0) is 30.9 Å². The molecular weight excluding hydrogens is 283 g/mol. The van der Waals surface area contributed by atoms with Crippen molar-refractivity contribution >= 4 is 5.91 Å². The Morgan fingerprint density at radius 2 is 2.00 bits per heavy atom.